The van der Waals surface area contributed by atoms with Gasteiger partial charge in [0.25, 0.3) is 13.1 Å². The molecule has 0 aromatic carbocycles. The van der Waals surface area contributed by atoms with Crippen LogP contribution in [0.5, 0.6) is 0 Å². The highest BCUT2D eigenvalue weighted by Gasteiger charge is 2.52. The van der Waals surface area contributed by atoms with E-state index in [2.05, 4.69) is 80.4 Å². The Kier molecular flexibility index (Phi) is 31.2. The molecule has 135 heavy (non-hydrogen) atoms. The zero-order chi connectivity index (χ0) is 97.2. The third-order valence-corrected chi connectivity index (χ3v) is 36.0. The lowest BCUT2D eigenvalue weighted by Crippen LogP contribution is -2.54. The second-order valence-electron chi connectivity index (χ2n) is 33.7. The molecule has 738 valence electrons. The maximum absolute atomic E-state index is 16.6. The molecule has 14 heterocycles. The SMILES string of the molecule is CC(=O)N[C@@H](CCCN=C(N)N)C(=O)NCC(=O)N1C[C@@H](COP(=O)(N(C)C)N2C[C@@H](COP(=O)(N(C)C)N3C[C@@H](COP(=O)(N(C)C)N4C[C@@H](COP(=O)(N(C)C)N5C[C@@H](COP(=O)(C(C)C)N(C)C)O[C@@H](n6cnc7c(N)ncnc76)C5)O[C@@H](n5cnc6c(N)ncnc65)C4)O[C@@H](n4cnc5c(=O)[nH]c(N)nc54)C3)O[C@@H](n3ccc(N)nc3=O)C2)O[C@@H](n2cnc3c(N)ncnc32)C1. The molecule has 3 amide bonds. The lowest BCUT2D eigenvalue weighted by molar-refractivity contribution is -0.158. The molecule has 5 saturated heterocycles. The van der Waals surface area contributed by atoms with Gasteiger partial charge in [0.05, 0.1) is 122 Å². The monoisotopic (exact) mass is 1990 g/mol. The number of nitrogen functional groups attached to an aromatic ring is 5. The fourth-order valence-electron chi connectivity index (χ4n) is 16.2. The van der Waals surface area contributed by atoms with Crippen LogP contribution in [0.15, 0.2) is 71.1 Å². The van der Waals surface area contributed by atoms with E-state index >= 15 is 18.3 Å². The normalized spacial score (nSPS) is 24.2. The van der Waals surface area contributed by atoms with Crippen LogP contribution in [0.2, 0.25) is 0 Å². The van der Waals surface area contributed by atoms with Crippen molar-refractivity contribution in [2.45, 2.75) is 107 Å². The van der Waals surface area contributed by atoms with Crippen molar-refractivity contribution in [3.05, 3.63) is 77.4 Å². The summed E-state index contributed by atoms with van der Waals surface area (Å²) in [6.45, 7) is -0.115. The van der Waals surface area contributed by atoms with E-state index in [1.54, 1.807) is 60.5 Å². The van der Waals surface area contributed by atoms with E-state index in [4.69, 9.17) is 86.4 Å². The van der Waals surface area contributed by atoms with Crippen LogP contribution in [-0.4, -0.2) is 383 Å². The second kappa shape index (κ2) is 41.7. The van der Waals surface area contributed by atoms with Gasteiger partial charge in [0.15, 0.2) is 64.0 Å². The van der Waals surface area contributed by atoms with E-state index in [1.165, 1.54) is 152 Å². The highest BCUT2D eigenvalue weighted by atomic mass is 31.2. The Hall–Kier alpha value is -10.1. The molecule has 0 saturated carbocycles. The van der Waals surface area contributed by atoms with E-state index in [-0.39, 0.29) is 159 Å². The third-order valence-electron chi connectivity index (χ3n) is 22.9. The summed E-state index contributed by atoms with van der Waals surface area (Å²) in [5.74, 6) is -2.11. The number of ether oxygens (including phenoxy) is 5. The minimum Gasteiger partial charge on any atom is -0.383 e. The fraction of sp³-hybridized carbons (Fsp3) is 0.611. The predicted molar refractivity (Wildman–Crippen MR) is 489 cm³/mol. The highest BCUT2D eigenvalue weighted by Crippen LogP contribution is 2.61. The van der Waals surface area contributed by atoms with Gasteiger partial charge in [0.1, 0.15) is 72.2 Å². The number of nitrogens with two attached hydrogens (primary N) is 7. The number of rotatable bonds is 38. The Morgan fingerprint density at radius 3 is 1.23 bits per heavy atom. The summed E-state index contributed by atoms with van der Waals surface area (Å²) in [5.41, 5.74) is 41.4. The van der Waals surface area contributed by atoms with Gasteiger partial charge in [0, 0.05) is 58.0 Å². The summed E-state index contributed by atoms with van der Waals surface area (Å²) in [4.78, 5) is 128. The summed E-state index contributed by atoms with van der Waals surface area (Å²) >= 11 is 0. The van der Waals surface area contributed by atoms with Gasteiger partial charge in [-0.2, -0.15) is 9.97 Å². The van der Waals surface area contributed by atoms with Crippen molar-refractivity contribution in [1.29, 1.82) is 0 Å². The summed E-state index contributed by atoms with van der Waals surface area (Å²) in [6, 6.07) is 0.292. The number of nitrogens with zero attached hydrogens (tertiary/aromatic N) is 28. The van der Waals surface area contributed by atoms with Crippen LogP contribution in [0, 0.1) is 0 Å². The standard InChI is InChI=1S/C72H115N38O20P5/c1-42(2)131(116,96(4)5)121-30-45-21-103(27-54(128-45)108-39-89-58-62(75)83-36-86-65(58)108)133(118,98(8)9)124-33-47-23-104(28-55(129-47)109-40-90-59-63(76)84-37-87-66(59)109)134(119,99(10)11)125-34-48-24-105(29-56(130-48)110-41-91-60-67(110)94-71(79)95-69(60)114)135(120,100(12)13)123-32-46-22-102(26-53(127-46)106-18-16-50(73)93-72(106)115)132(117,97(6)7)122-31-44-20-101(25-52(126-44)107-38-88-57-61(74)82-35-85-64(57)107)51(112)19-81-68(113)49(92-43(3)111)15-14-17-80-70(77)78/h16,18,35-42,44-49,52-56H,14-15,17,19-34H2,1-13H3,(H,81,113)(H,92,111)(H2,73,93,115)(H2,74,82,85)(H2,75,83,86)(H2,76,84,87)(H4,77,78,80)(H3,79,94,95,114)/t44-,45-,46-,47-,48-,49-,52+,53+,54+,55+,56+,131?,132?,133?,134?,135?/m0/s1. The summed E-state index contributed by atoms with van der Waals surface area (Å²) in [7, 11) is -5.61. The van der Waals surface area contributed by atoms with Crippen LogP contribution in [0.3, 0.4) is 0 Å². The van der Waals surface area contributed by atoms with Crippen molar-refractivity contribution in [3.8, 4) is 0 Å². The summed E-state index contributed by atoms with van der Waals surface area (Å²) < 4.78 is 167. The Balaban J connectivity index is 0.735. The Bertz CT molecular complexity index is 6180. The number of carbonyl (C=O) groups excluding carboxylic acids is 3. The number of nitrogens with one attached hydrogen (secondary N) is 3. The van der Waals surface area contributed by atoms with Crippen molar-refractivity contribution >= 4 is 136 Å². The predicted octanol–water partition coefficient (Wildman–Crippen LogP) is -1.07. The maximum atomic E-state index is 16.6. The van der Waals surface area contributed by atoms with Gasteiger partial charge in [-0.3, -0.25) is 74.8 Å². The number of carbonyl (C=O) groups is 3. The van der Waals surface area contributed by atoms with Crippen LogP contribution in [0.1, 0.15) is 64.8 Å². The van der Waals surface area contributed by atoms with Crippen molar-refractivity contribution in [2.75, 3.05) is 211 Å². The number of morpholine rings is 5. The Labute approximate surface area is 772 Å². The molecule has 0 radical (unpaired) electrons. The van der Waals surface area contributed by atoms with E-state index in [1.807, 2.05) is 0 Å². The number of anilines is 5. The van der Waals surface area contributed by atoms with Crippen molar-refractivity contribution in [2.24, 2.45) is 16.5 Å². The number of hydrogen-bond donors (Lipinski definition) is 10. The molecular weight excluding hydrogens is 1870 g/mol. The topological polar surface area (TPSA) is 709 Å². The van der Waals surface area contributed by atoms with Crippen molar-refractivity contribution in [1.82, 2.24) is 145 Å². The van der Waals surface area contributed by atoms with Gasteiger partial charge >= 0.3 is 36.4 Å². The van der Waals surface area contributed by atoms with Crippen LogP contribution < -0.4 is 62.0 Å². The number of H-pyrrole nitrogens is 1. The molecule has 63 heteroatoms. The first-order valence-corrected chi connectivity index (χ1v) is 50.4. The third kappa shape index (κ3) is 21.8. The molecule has 0 spiro atoms. The lowest BCUT2D eigenvalue weighted by Gasteiger charge is -2.46. The van der Waals surface area contributed by atoms with Gasteiger partial charge in [-0.1, -0.05) is 13.8 Å². The van der Waals surface area contributed by atoms with Gasteiger partial charge < -0.3 is 102 Å². The van der Waals surface area contributed by atoms with Crippen LogP contribution in [0.25, 0.3) is 44.7 Å². The van der Waals surface area contributed by atoms with Crippen molar-refractivity contribution in [3.63, 3.8) is 0 Å². The van der Waals surface area contributed by atoms with E-state index in [0.717, 1.165) is 4.57 Å². The number of hydrogen-bond acceptors (Lipinski definition) is 38. The van der Waals surface area contributed by atoms with Crippen LogP contribution >= 0.6 is 38.2 Å². The first kappa shape index (κ1) is 101. The molecule has 17 N–H and O–H groups in total. The van der Waals surface area contributed by atoms with Crippen molar-refractivity contribution < 1.29 is 83.5 Å². The molecule has 16 atom stereocenters. The van der Waals surface area contributed by atoms with Crippen LogP contribution in [0.4, 0.5) is 29.2 Å². The smallest absolute Gasteiger partial charge is 0.351 e. The number of aromatic amines is 1. The molecule has 58 nitrogen and oxygen atoms in total. The average Bonchev–Trinajstić information content (AvgIpc) is 1.72. The van der Waals surface area contributed by atoms with E-state index < -0.39 is 174 Å². The molecule has 0 bridgehead atoms. The molecule has 5 aliphatic rings. The van der Waals surface area contributed by atoms with Gasteiger partial charge in [0.2, 0.25) is 23.7 Å². The summed E-state index contributed by atoms with van der Waals surface area (Å²) in [5, 5.41) is 5.23. The molecular formula is C72H115N38O20P5. The van der Waals surface area contributed by atoms with Gasteiger partial charge in [-0.25, -0.2) is 96.7 Å². The zero-order valence-electron chi connectivity index (χ0n) is 76.5. The van der Waals surface area contributed by atoms with E-state index in [0.29, 0.717) is 12.1 Å². The number of aliphatic imine (C=N–C) groups is 1. The quantitative estimate of drug-likeness (QED) is 0.00953. The molecule has 5 fully saturated rings. The fourth-order valence-corrected chi connectivity index (χ4v) is 26.0. The molecule has 9 aromatic heterocycles. The zero-order valence-corrected chi connectivity index (χ0v) is 81.0. The molecule has 14 rings (SSSR count). The lowest BCUT2D eigenvalue weighted by atomic mass is 10.1. The molecule has 5 unspecified atom stereocenters. The first-order valence-electron chi connectivity index (χ1n) is 42.6. The number of imidazole rings is 4. The highest BCUT2D eigenvalue weighted by molar-refractivity contribution is 7.57. The Morgan fingerprint density at radius 2 is 0.859 bits per heavy atom. The Morgan fingerprint density at radius 1 is 0.489 bits per heavy atom. The van der Waals surface area contributed by atoms with E-state index in [9.17, 15) is 28.5 Å². The molecule has 5 aliphatic heterocycles. The maximum Gasteiger partial charge on any atom is 0.351 e. The number of aromatic nitrogens is 18. The summed E-state index contributed by atoms with van der Waals surface area (Å²) in [6.07, 6.45) is -0.333. The van der Waals surface area contributed by atoms with Gasteiger partial charge in [-0.05, 0) is 89.4 Å². The minimum absolute atomic E-state index is 0.0417. The minimum atomic E-state index is -4.53. The second-order valence-corrected chi connectivity index (χ2v) is 47.3. The number of guanidine groups is 1. The first-order chi connectivity index (χ1) is 64.0. The number of fused-ring (bicyclic) bond motifs is 4. The van der Waals surface area contributed by atoms with Gasteiger partial charge in [-0.15, -0.1) is 0 Å². The largest absolute Gasteiger partial charge is 0.383 e. The van der Waals surface area contributed by atoms with Crippen LogP contribution in [-0.2, 0) is 83.5 Å². The average molecular weight is 1990 g/mol. The molecule has 0 aliphatic carbocycles. The molecule has 9 aromatic rings. The number of amides is 3.